The molecule has 5 N–H and O–H groups in total. The summed E-state index contributed by atoms with van der Waals surface area (Å²) in [6.45, 7) is 11.9. The molecule has 184 valence electrons. The Morgan fingerprint density at radius 2 is 1.72 bits per heavy atom. The maximum atomic E-state index is 11.7. The first-order valence-corrected chi connectivity index (χ1v) is 11.0. The summed E-state index contributed by atoms with van der Waals surface area (Å²) in [6, 6.07) is 0.283. The number of hydrogen-bond acceptors (Lipinski definition) is 11. The lowest BCUT2D eigenvalue weighted by atomic mass is 10.2. The lowest BCUT2D eigenvalue weighted by molar-refractivity contribution is 0.0525. The highest BCUT2D eigenvalue weighted by Crippen LogP contribution is 2.13. The van der Waals surface area contributed by atoms with Crippen molar-refractivity contribution in [1.82, 2.24) is 25.2 Å². The highest BCUT2D eigenvalue weighted by molar-refractivity contribution is 5.67. The molecule has 0 aliphatic carbocycles. The highest BCUT2D eigenvalue weighted by atomic mass is 16.6. The molecule has 32 heavy (non-hydrogen) atoms. The Balaban J connectivity index is 2.57. The van der Waals surface area contributed by atoms with Crippen molar-refractivity contribution in [2.24, 2.45) is 5.73 Å². The molecule has 0 aliphatic heterocycles. The number of amides is 1. The van der Waals surface area contributed by atoms with Crippen LogP contribution in [0, 0.1) is 0 Å². The Morgan fingerprint density at radius 3 is 2.28 bits per heavy atom. The molecular formula is C20H39N7O5. The number of aromatic nitrogens is 3. The molecule has 0 aliphatic rings. The second-order valence-corrected chi connectivity index (χ2v) is 7.93. The molecule has 0 atom stereocenters. The summed E-state index contributed by atoms with van der Waals surface area (Å²) in [7, 11) is 0. The van der Waals surface area contributed by atoms with Gasteiger partial charge in [0.05, 0.1) is 19.8 Å². The van der Waals surface area contributed by atoms with Crippen molar-refractivity contribution in [3.8, 4) is 12.0 Å². The Bertz CT molecular complexity index is 658. The van der Waals surface area contributed by atoms with Crippen LogP contribution in [0.25, 0.3) is 0 Å². The minimum absolute atomic E-state index is 0.111. The SMILES string of the molecule is CCN(CCO)CCNc1nc(OCCCN)nc(OCCCNC(=O)OC(C)(C)C)n1. The van der Waals surface area contributed by atoms with E-state index in [2.05, 4.69) is 30.5 Å². The number of aliphatic hydroxyl groups excluding tert-OH is 1. The number of nitrogens with two attached hydrogens (primary N) is 1. The third-order valence-electron chi connectivity index (χ3n) is 3.97. The van der Waals surface area contributed by atoms with Crippen LogP contribution < -0.4 is 25.8 Å². The normalized spacial score (nSPS) is 11.3. The number of nitrogens with one attached hydrogen (secondary N) is 2. The van der Waals surface area contributed by atoms with Gasteiger partial charge in [-0.05, 0) is 46.7 Å². The average molecular weight is 458 g/mol. The van der Waals surface area contributed by atoms with Gasteiger partial charge in [-0.3, -0.25) is 4.90 Å². The molecule has 0 aromatic carbocycles. The van der Waals surface area contributed by atoms with E-state index in [9.17, 15) is 4.79 Å². The van der Waals surface area contributed by atoms with Crippen LogP contribution in [0.5, 0.6) is 12.0 Å². The molecule has 0 fully saturated rings. The smallest absolute Gasteiger partial charge is 0.407 e. The lowest BCUT2D eigenvalue weighted by Gasteiger charge is -2.19. The van der Waals surface area contributed by atoms with Gasteiger partial charge in [-0.25, -0.2) is 4.79 Å². The Morgan fingerprint density at radius 1 is 1.06 bits per heavy atom. The Labute approximate surface area is 190 Å². The molecule has 0 radical (unpaired) electrons. The van der Waals surface area contributed by atoms with Crippen LogP contribution in [-0.4, -0.2) is 95.7 Å². The van der Waals surface area contributed by atoms with Crippen molar-refractivity contribution in [3.05, 3.63) is 0 Å². The number of hydrogen-bond donors (Lipinski definition) is 4. The zero-order chi connectivity index (χ0) is 23.8. The number of anilines is 1. The Kier molecular flexibility index (Phi) is 13.3. The third kappa shape index (κ3) is 13.1. The van der Waals surface area contributed by atoms with Gasteiger partial charge in [-0.2, -0.15) is 9.97 Å². The van der Waals surface area contributed by atoms with Crippen LogP contribution in [0.4, 0.5) is 10.7 Å². The molecular weight excluding hydrogens is 418 g/mol. The molecule has 1 aromatic rings. The van der Waals surface area contributed by atoms with Crippen molar-refractivity contribution >= 4 is 12.0 Å². The third-order valence-corrected chi connectivity index (χ3v) is 3.97. The van der Waals surface area contributed by atoms with Crippen LogP contribution in [0.2, 0.25) is 0 Å². The van der Waals surface area contributed by atoms with Crippen LogP contribution >= 0.6 is 0 Å². The van der Waals surface area contributed by atoms with Crippen molar-refractivity contribution in [1.29, 1.82) is 0 Å². The molecule has 0 spiro atoms. The fourth-order valence-electron chi connectivity index (χ4n) is 2.43. The lowest BCUT2D eigenvalue weighted by Crippen LogP contribution is -2.33. The van der Waals surface area contributed by atoms with E-state index in [1.807, 2.05) is 27.7 Å². The molecule has 0 unspecified atom stereocenters. The number of rotatable bonds is 16. The molecule has 1 amide bonds. The molecule has 1 rings (SSSR count). The minimum Gasteiger partial charge on any atom is -0.463 e. The van der Waals surface area contributed by atoms with E-state index in [0.717, 1.165) is 13.1 Å². The standard InChI is InChI=1S/C20H39N7O5/c1-5-27(12-13-28)11-10-22-16-24-17(30-14-6-8-21)26-18(25-16)31-15-7-9-23-19(29)32-20(2,3)4/h28H,5-15,21H2,1-4H3,(H,23,29)(H,22,24,25,26). The van der Waals surface area contributed by atoms with E-state index in [4.69, 9.17) is 25.1 Å². The summed E-state index contributed by atoms with van der Waals surface area (Å²) < 4.78 is 16.3. The number of nitrogens with zero attached hydrogens (tertiary/aromatic N) is 4. The minimum atomic E-state index is -0.540. The first kappa shape index (κ1) is 27.6. The maximum absolute atomic E-state index is 11.7. The van der Waals surface area contributed by atoms with E-state index < -0.39 is 11.7 Å². The molecule has 12 heteroatoms. The molecule has 12 nitrogen and oxygen atoms in total. The summed E-state index contributed by atoms with van der Waals surface area (Å²) in [4.78, 5) is 26.5. The topological polar surface area (TPSA) is 157 Å². The van der Waals surface area contributed by atoms with E-state index >= 15 is 0 Å². The van der Waals surface area contributed by atoms with Gasteiger partial charge < -0.3 is 35.7 Å². The quantitative estimate of drug-likeness (QED) is 0.258. The number of carbonyl (C=O) groups is 1. The summed E-state index contributed by atoms with van der Waals surface area (Å²) in [5, 5.41) is 14.9. The van der Waals surface area contributed by atoms with E-state index in [0.29, 0.717) is 58.2 Å². The zero-order valence-corrected chi connectivity index (χ0v) is 19.7. The number of likely N-dealkylation sites (N-methyl/N-ethyl adjacent to an activating group) is 1. The summed E-state index contributed by atoms with van der Waals surface area (Å²) in [5.41, 5.74) is 4.96. The second kappa shape index (κ2) is 15.4. The van der Waals surface area contributed by atoms with Gasteiger partial charge in [-0.15, -0.1) is 4.98 Å². The van der Waals surface area contributed by atoms with Crippen molar-refractivity contribution in [3.63, 3.8) is 0 Å². The van der Waals surface area contributed by atoms with E-state index in [1.54, 1.807) is 0 Å². The number of aliphatic hydroxyl groups is 1. The van der Waals surface area contributed by atoms with Crippen LogP contribution in [0.15, 0.2) is 0 Å². The van der Waals surface area contributed by atoms with Gasteiger partial charge in [0.1, 0.15) is 5.60 Å². The number of ether oxygens (including phenoxy) is 3. The first-order valence-electron chi connectivity index (χ1n) is 11.0. The fraction of sp³-hybridized carbons (Fsp3) is 0.800. The second-order valence-electron chi connectivity index (χ2n) is 7.93. The summed E-state index contributed by atoms with van der Waals surface area (Å²) in [6.07, 6.45) is 0.749. The average Bonchev–Trinajstić information content (AvgIpc) is 2.71. The summed E-state index contributed by atoms with van der Waals surface area (Å²) in [5.74, 6) is 0.338. The monoisotopic (exact) mass is 457 g/mol. The maximum Gasteiger partial charge on any atom is 0.407 e. The molecule has 1 heterocycles. The number of carbonyl (C=O) groups excluding carboxylic acids is 1. The predicted octanol–water partition coefficient (Wildman–Crippen LogP) is 0.619. The first-order chi connectivity index (χ1) is 15.3. The van der Waals surface area contributed by atoms with E-state index in [-0.39, 0.29) is 18.6 Å². The van der Waals surface area contributed by atoms with Gasteiger partial charge >= 0.3 is 18.1 Å². The molecule has 0 saturated heterocycles. The van der Waals surface area contributed by atoms with Crippen LogP contribution in [-0.2, 0) is 4.74 Å². The predicted molar refractivity (Wildman–Crippen MR) is 121 cm³/mol. The van der Waals surface area contributed by atoms with Gasteiger partial charge in [0.25, 0.3) is 0 Å². The largest absolute Gasteiger partial charge is 0.463 e. The highest BCUT2D eigenvalue weighted by Gasteiger charge is 2.15. The van der Waals surface area contributed by atoms with Crippen molar-refractivity contribution < 1.29 is 24.1 Å². The Hall–Kier alpha value is -2.44. The van der Waals surface area contributed by atoms with E-state index in [1.165, 1.54) is 0 Å². The van der Waals surface area contributed by atoms with Crippen LogP contribution in [0.1, 0.15) is 40.5 Å². The van der Waals surface area contributed by atoms with Gasteiger partial charge in [0.2, 0.25) is 5.95 Å². The van der Waals surface area contributed by atoms with Crippen molar-refractivity contribution in [2.75, 3.05) is 64.4 Å². The van der Waals surface area contributed by atoms with Gasteiger partial charge in [-0.1, -0.05) is 6.92 Å². The fourth-order valence-corrected chi connectivity index (χ4v) is 2.43. The molecule has 0 saturated carbocycles. The van der Waals surface area contributed by atoms with Crippen LogP contribution in [0.3, 0.4) is 0 Å². The van der Waals surface area contributed by atoms with Gasteiger partial charge in [0.15, 0.2) is 0 Å². The van der Waals surface area contributed by atoms with Crippen molar-refractivity contribution in [2.45, 2.75) is 46.1 Å². The molecule has 0 bridgehead atoms. The zero-order valence-electron chi connectivity index (χ0n) is 19.7. The van der Waals surface area contributed by atoms with Gasteiger partial charge in [0, 0.05) is 26.2 Å². The number of alkyl carbamates (subject to hydrolysis) is 1. The molecule has 1 aromatic heterocycles. The summed E-state index contributed by atoms with van der Waals surface area (Å²) >= 11 is 0.